The molecule has 0 amide bonds. The second-order valence-electron chi connectivity index (χ2n) is 5.48. The van der Waals surface area contributed by atoms with Crippen molar-refractivity contribution in [2.45, 2.75) is 32.3 Å². The topological polar surface area (TPSA) is 81.6 Å². The number of nitro groups is 1. The molecule has 2 rings (SSSR count). The molecule has 1 aromatic rings. The predicted octanol–water partition coefficient (Wildman–Crippen LogP) is 2.24. The SMILES string of the molecule is Cc1cc(N2CCC(OCCCN)CC2)cc([N+](=O)[O-])c1. The van der Waals surface area contributed by atoms with Crippen molar-refractivity contribution in [1.29, 1.82) is 0 Å². The summed E-state index contributed by atoms with van der Waals surface area (Å²) in [6.45, 7) is 5.00. The highest BCUT2D eigenvalue weighted by Crippen LogP contribution is 2.27. The van der Waals surface area contributed by atoms with Gasteiger partial charge >= 0.3 is 0 Å². The van der Waals surface area contributed by atoms with Gasteiger partial charge in [-0.05, 0) is 44.4 Å². The van der Waals surface area contributed by atoms with Crippen molar-refractivity contribution >= 4 is 11.4 Å². The highest BCUT2D eigenvalue weighted by molar-refractivity contribution is 5.55. The Labute approximate surface area is 125 Å². The average Bonchev–Trinajstić information content (AvgIpc) is 2.47. The fourth-order valence-electron chi connectivity index (χ4n) is 2.65. The van der Waals surface area contributed by atoms with Gasteiger partial charge in [-0.1, -0.05) is 0 Å². The molecule has 0 bridgehead atoms. The van der Waals surface area contributed by atoms with Crippen molar-refractivity contribution in [3.8, 4) is 0 Å². The number of nitro benzene ring substituents is 1. The van der Waals surface area contributed by atoms with Crippen LogP contribution in [0.3, 0.4) is 0 Å². The molecule has 1 aliphatic heterocycles. The predicted molar refractivity (Wildman–Crippen MR) is 82.7 cm³/mol. The van der Waals surface area contributed by atoms with E-state index in [9.17, 15) is 10.1 Å². The molecule has 6 heteroatoms. The van der Waals surface area contributed by atoms with Crippen molar-refractivity contribution < 1.29 is 9.66 Å². The molecule has 2 N–H and O–H groups in total. The molecule has 1 saturated heterocycles. The van der Waals surface area contributed by atoms with Crippen LogP contribution in [-0.2, 0) is 4.74 Å². The second kappa shape index (κ2) is 7.38. The van der Waals surface area contributed by atoms with Gasteiger partial charge in [0.25, 0.3) is 5.69 Å². The van der Waals surface area contributed by atoms with Crippen molar-refractivity contribution in [3.63, 3.8) is 0 Å². The van der Waals surface area contributed by atoms with Crippen LogP contribution in [0, 0.1) is 17.0 Å². The first-order valence-electron chi connectivity index (χ1n) is 7.43. The van der Waals surface area contributed by atoms with Crippen LogP contribution in [0.4, 0.5) is 11.4 Å². The second-order valence-corrected chi connectivity index (χ2v) is 5.48. The number of hydrogen-bond donors (Lipinski definition) is 1. The zero-order valence-electron chi connectivity index (χ0n) is 12.5. The molecule has 21 heavy (non-hydrogen) atoms. The van der Waals surface area contributed by atoms with Crippen LogP contribution in [-0.4, -0.2) is 37.3 Å². The third-order valence-electron chi connectivity index (χ3n) is 3.77. The van der Waals surface area contributed by atoms with Gasteiger partial charge in [0.15, 0.2) is 0 Å². The van der Waals surface area contributed by atoms with E-state index in [2.05, 4.69) is 4.90 Å². The van der Waals surface area contributed by atoms with Crippen LogP contribution in [0.5, 0.6) is 0 Å². The summed E-state index contributed by atoms with van der Waals surface area (Å²) in [6.07, 6.45) is 3.08. The Hall–Kier alpha value is -1.66. The Bertz CT molecular complexity index is 485. The van der Waals surface area contributed by atoms with Gasteiger partial charge in [-0.3, -0.25) is 10.1 Å². The molecular weight excluding hydrogens is 270 g/mol. The summed E-state index contributed by atoms with van der Waals surface area (Å²) < 4.78 is 5.78. The number of benzene rings is 1. The molecule has 1 fully saturated rings. The normalized spacial score (nSPS) is 16.2. The fourth-order valence-corrected chi connectivity index (χ4v) is 2.65. The Morgan fingerprint density at radius 1 is 1.38 bits per heavy atom. The molecule has 1 heterocycles. The quantitative estimate of drug-likeness (QED) is 0.494. The lowest BCUT2D eigenvalue weighted by Crippen LogP contribution is -2.37. The van der Waals surface area contributed by atoms with Gasteiger partial charge in [-0.2, -0.15) is 0 Å². The van der Waals surface area contributed by atoms with Gasteiger partial charge < -0.3 is 15.4 Å². The Morgan fingerprint density at radius 2 is 2.10 bits per heavy atom. The maximum Gasteiger partial charge on any atom is 0.271 e. The molecule has 0 spiro atoms. The molecule has 0 aromatic heterocycles. The summed E-state index contributed by atoms with van der Waals surface area (Å²) in [5.41, 5.74) is 7.46. The van der Waals surface area contributed by atoms with E-state index in [0.717, 1.165) is 50.2 Å². The molecule has 0 radical (unpaired) electrons. The zero-order valence-corrected chi connectivity index (χ0v) is 12.5. The van der Waals surface area contributed by atoms with Crippen molar-refractivity contribution in [2.24, 2.45) is 5.73 Å². The van der Waals surface area contributed by atoms with Gasteiger partial charge in [0.1, 0.15) is 0 Å². The number of non-ortho nitro benzene ring substituents is 1. The maximum atomic E-state index is 10.9. The lowest BCUT2D eigenvalue weighted by Gasteiger charge is -2.33. The standard InChI is InChI=1S/C15H23N3O3/c1-12-9-13(11-14(10-12)18(19)20)17-6-3-15(4-7-17)21-8-2-5-16/h9-11,15H,2-8,16H2,1H3. The first-order valence-corrected chi connectivity index (χ1v) is 7.43. The molecule has 0 saturated carbocycles. The van der Waals surface area contributed by atoms with Gasteiger partial charge in [0, 0.05) is 37.5 Å². The lowest BCUT2D eigenvalue weighted by molar-refractivity contribution is -0.384. The summed E-state index contributed by atoms with van der Waals surface area (Å²) in [5.74, 6) is 0. The van der Waals surface area contributed by atoms with Gasteiger partial charge in [0.05, 0.1) is 11.0 Å². The number of nitrogens with two attached hydrogens (primary N) is 1. The highest BCUT2D eigenvalue weighted by Gasteiger charge is 2.21. The van der Waals surface area contributed by atoms with E-state index in [4.69, 9.17) is 10.5 Å². The van der Waals surface area contributed by atoms with Crippen LogP contribution < -0.4 is 10.6 Å². The molecule has 0 unspecified atom stereocenters. The van der Waals surface area contributed by atoms with E-state index < -0.39 is 0 Å². The average molecular weight is 293 g/mol. The van der Waals surface area contributed by atoms with E-state index in [1.807, 2.05) is 13.0 Å². The first-order chi connectivity index (χ1) is 10.1. The Morgan fingerprint density at radius 3 is 2.71 bits per heavy atom. The molecule has 0 aliphatic carbocycles. The van der Waals surface area contributed by atoms with Crippen LogP contribution in [0.2, 0.25) is 0 Å². The largest absolute Gasteiger partial charge is 0.378 e. The monoisotopic (exact) mass is 293 g/mol. The minimum Gasteiger partial charge on any atom is -0.378 e. The summed E-state index contributed by atoms with van der Waals surface area (Å²) in [6, 6.07) is 5.26. The molecule has 0 atom stereocenters. The van der Waals surface area contributed by atoms with Gasteiger partial charge in [0.2, 0.25) is 0 Å². The Balaban J connectivity index is 1.94. The Kier molecular flexibility index (Phi) is 5.52. The molecule has 116 valence electrons. The zero-order chi connectivity index (χ0) is 15.2. The first kappa shape index (κ1) is 15.7. The summed E-state index contributed by atoms with van der Waals surface area (Å²) >= 11 is 0. The number of nitrogens with zero attached hydrogens (tertiary/aromatic N) is 2. The number of ether oxygens (including phenoxy) is 1. The smallest absolute Gasteiger partial charge is 0.271 e. The van der Waals surface area contributed by atoms with Crippen molar-refractivity contribution in [2.75, 3.05) is 31.1 Å². The number of hydrogen-bond acceptors (Lipinski definition) is 5. The molecule has 1 aliphatic rings. The lowest BCUT2D eigenvalue weighted by atomic mass is 10.1. The summed E-state index contributed by atoms with van der Waals surface area (Å²) in [4.78, 5) is 12.8. The van der Waals surface area contributed by atoms with Crippen molar-refractivity contribution in [3.05, 3.63) is 33.9 Å². The van der Waals surface area contributed by atoms with Crippen LogP contribution in [0.1, 0.15) is 24.8 Å². The van der Waals surface area contributed by atoms with E-state index in [0.29, 0.717) is 6.54 Å². The third-order valence-corrected chi connectivity index (χ3v) is 3.77. The molecule has 1 aromatic carbocycles. The highest BCUT2D eigenvalue weighted by atomic mass is 16.6. The summed E-state index contributed by atoms with van der Waals surface area (Å²) in [7, 11) is 0. The summed E-state index contributed by atoms with van der Waals surface area (Å²) in [5, 5.41) is 10.9. The number of anilines is 1. The maximum absolute atomic E-state index is 10.9. The fraction of sp³-hybridized carbons (Fsp3) is 0.600. The molecule has 6 nitrogen and oxygen atoms in total. The number of rotatable bonds is 6. The minimum atomic E-state index is -0.334. The van der Waals surface area contributed by atoms with E-state index in [1.54, 1.807) is 12.1 Å². The number of piperidine rings is 1. The van der Waals surface area contributed by atoms with Crippen LogP contribution in [0.25, 0.3) is 0 Å². The van der Waals surface area contributed by atoms with Crippen LogP contribution in [0.15, 0.2) is 18.2 Å². The van der Waals surface area contributed by atoms with E-state index >= 15 is 0 Å². The molecular formula is C15H23N3O3. The van der Waals surface area contributed by atoms with Gasteiger partial charge in [-0.15, -0.1) is 0 Å². The third kappa shape index (κ3) is 4.41. The van der Waals surface area contributed by atoms with E-state index in [1.165, 1.54) is 0 Å². The minimum absolute atomic E-state index is 0.159. The van der Waals surface area contributed by atoms with Gasteiger partial charge in [-0.25, -0.2) is 0 Å². The van der Waals surface area contributed by atoms with Crippen LogP contribution >= 0.6 is 0 Å². The van der Waals surface area contributed by atoms with E-state index in [-0.39, 0.29) is 16.7 Å². The van der Waals surface area contributed by atoms with Crippen molar-refractivity contribution in [1.82, 2.24) is 0 Å². The number of aryl methyl sites for hydroxylation is 1.